The Morgan fingerprint density at radius 3 is 2.37 bits per heavy atom. The molecule has 0 aliphatic carbocycles. The maximum atomic E-state index is 13.2. The van der Waals surface area contributed by atoms with Crippen LogP contribution in [0.3, 0.4) is 0 Å². The minimum Gasteiger partial charge on any atom is -0.477 e. The molecule has 13 heteroatoms. The smallest absolute Gasteiger partial charge is 0.353 e. The molecule has 0 bridgehead atoms. The van der Waals surface area contributed by atoms with Gasteiger partial charge in [0.25, 0.3) is 0 Å². The Hall–Kier alpha value is -2.64. The molecule has 5 N–H and O–H groups in total. The fraction of sp³-hybridized carbons (Fsp3) is 0.720. The molecule has 10 atom stereocenters. The number of hydrogen-bond acceptors (Lipinski definition) is 8. The molecular formula is C25H37N5O7S. The van der Waals surface area contributed by atoms with Gasteiger partial charge in [0.2, 0.25) is 23.6 Å². The van der Waals surface area contributed by atoms with Crippen LogP contribution >= 0.6 is 11.8 Å². The predicted molar refractivity (Wildman–Crippen MR) is 138 cm³/mol. The third-order valence-electron chi connectivity index (χ3n) is 8.29. The average molecular weight is 552 g/mol. The molecule has 2 unspecified atom stereocenters. The number of fused-ring (bicyclic) bond motifs is 1. The van der Waals surface area contributed by atoms with Crippen molar-refractivity contribution in [2.24, 2.45) is 23.7 Å². The lowest BCUT2D eigenvalue weighted by atomic mass is 9.76. The van der Waals surface area contributed by atoms with Gasteiger partial charge in [-0.2, -0.15) is 0 Å². The van der Waals surface area contributed by atoms with Gasteiger partial charge in [-0.1, -0.05) is 13.8 Å². The second-order valence-corrected chi connectivity index (χ2v) is 12.4. The highest BCUT2D eigenvalue weighted by atomic mass is 32.2. The first-order valence-corrected chi connectivity index (χ1v) is 13.8. The third-order valence-corrected chi connectivity index (χ3v) is 9.81. The van der Waals surface area contributed by atoms with E-state index in [0.717, 1.165) is 0 Å². The molecule has 4 aliphatic rings. The number of likely N-dealkylation sites (N-methyl/N-ethyl adjacent to an activating group) is 1. The lowest BCUT2D eigenvalue weighted by Gasteiger charge is -2.48. The highest BCUT2D eigenvalue weighted by Gasteiger charge is 2.61. The highest BCUT2D eigenvalue weighted by molar-refractivity contribution is 8.03. The van der Waals surface area contributed by atoms with Gasteiger partial charge in [0, 0.05) is 42.8 Å². The van der Waals surface area contributed by atoms with Crippen LogP contribution in [-0.2, 0) is 24.0 Å². The molecule has 0 radical (unpaired) electrons. The Labute approximate surface area is 225 Å². The second kappa shape index (κ2) is 10.5. The Kier molecular flexibility index (Phi) is 7.84. The van der Waals surface area contributed by atoms with E-state index in [2.05, 4.69) is 16.0 Å². The molecule has 4 rings (SSSR count). The van der Waals surface area contributed by atoms with Crippen LogP contribution in [0.5, 0.6) is 0 Å². The maximum Gasteiger partial charge on any atom is 0.353 e. The zero-order valence-corrected chi connectivity index (χ0v) is 23.2. The Bertz CT molecular complexity index is 1080. The van der Waals surface area contributed by atoms with E-state index in [-0.39, 0.29) is 46.5 Å². The summed E-state index contributed by atoms with van der Waals surface area (Å²) in [6, 6.07) is -1.79. The molecule has 3 saturated heterocycles. The summed E-state index contributed by atoms with van der Waals surface area (Å²) in [5, 5.41) is 28.6. The molecule has 4 aliphatic heterocycles. The van der Waals surface area contributed by atoms with Gasteiger partial charge < -0.3 is 36.0 Å². The van der Waals surface area contributed by atoms with Crippen LogP contribution in [-0.4, -0.2) is 106 Å². The molecule has 0 aromatic carbocycles. The summed E-state index contributed by atoms with van der Waals surface area (Å²) in [6.07, 6.45) is -0.326. The topological polar surface area (TPSA) is 168 Å². The highest BCUT2D eigenvalue weighted by Crippen LogP contribution is 2.52. The Morgan fingerprint density at radius 2 is 1.82 bits per heavy atom. The van der Waals surface area contributed by atoms with Gasteiger partial charge >= 0.3 is 5.97 Å². The summed E-state index contributed by atoms with van der Waals surface area (Å²) in [5.41, 5.74) is -0.0139. The largest absolute Gasteiger partial charge is 0.477 e. The number of carbonyl (C=O) groups excluding carboxylic acids is 4. The number of nitrogens with zero attached hydrogens (tertiary/aromatic N) is 2. The molecule has 210 valence electrons. The molecule has 0 aromatic heterocycles. The fourth-order valence-electron chi connectivity index (χ4n) is 6.15. The SMILES string of the molecule is C[C@@H](O)C1C(=O)NC1[C@@H](C)C(=O)N[C@H](C)[C@H]1C(=O)N2C(C(=O)O)=C(S[C@@H]3CN[C@H](C(=O)N(C)C)C3)[C@H](C)[C@H]12. The van der Waals surface area contributed by atoms with E-state index >= 15 is 0 Å². The van der Waals surface area contributed by atoms with Gasteiger partial charge in [0.1, 0.15) is 5.70 Å². The molecule has 0 saturated carbocycles. The zero-order chi connectivity index (χ0) is 28.2. The van der Waals surface area contributed by atoms with E-state index < -0.39 is 48.0 Å². The van der Waals surface area contributed by atoms with Crippen molar-refractivity contribution in [1.29, 1.82) is 0 Å². The van der Waals surface area contributed by atoms with E-state index in [4.69, 9.17) is 0 Å². The minimum absolute atomic E-state index is 0.0134. The number of nitrogens with one attached hydrogen (secondary N) is 3. The van der Waals surface area contributed by atoms with E-state index in [1.165, 1.54) is 28.5 Å². The quantitative estimate of drug-likeness (QED) is 0.225. The van der Waals surface area contributed by atoms with E-state index in [1.807, 2.05) is 6.92 Å². The van der Waals surface area contributed by atoms with Crippen LogP contribution in [0.25, 0.3) is 0 Å². The van der Waals surface area contributed by atoms with Gasteiger partial charge in [-0.3, -0.25) is 19.2 Å². The van der Waals surface area contributed by atoms with Gasteiger partial charge in [-0.05, 0) is 20.3 Å². The Morgan fingerprint density at radius 1 is 1.16 bits per heavy atom. The fourth-order valence-corrected chi connectivity index (χ4v) is 7.63. The summed E-state index contributed by atoms with van der Waals surface area (Å²) in [5.74, 6) is -4.32. The summed E-state index contributed by atoms with van der Waals surface area (Å²) in [7, 11) is 3.39. The minimum atomic E-state index is -1.17. The van der Waals surface area contributed by atoms with Crippen molar-refractivity contribution in [2.45, 2.75) is 69.6 Å². The maximum absolute atomic E-state index is 13.2. The summed E-state index contributed by atoms with van der Waals surface area (Å²) >= 11 is 1.41. The van der Waals surface area contributed by atoms with Gasteiger partial charge in [-0.25, -0.2) is 4.79 Å². The number of aliphatic carboxylic acids is 1. The molecule has 4 heterocycles. The van der Waals surface area contributed by atoms with Crippen molar-refractivity contribution >= 4 is 41.4 Å². The first-order valence-electron chi connectivity index (χ1n) is 13.0. The van der Waals surface area contributed by atoms with E-state index in [9.17, 15) is 34.2 Å². The second-order valence-electron chi connectivity index (χ2n) is 11.1. The third kappa shape index (κ3) is 4.68. The van der Waals surface area contributed by atoms with Crippen LogP contribution < -0.4 is 16.0 Å². The number of aliphatic hydroxyl groups excluding tert-OH is 1. The molecule has 0 spiro atoms. The van der Waals surface area contributed by atoms with E-state index in [0.29, 0.717) is 17.9 Å². The van der Waals surface area contributed by atoms with Crippen molar-refractivity contribution in [3.63, 3.8) is 0 Å². The van der Waals surface area contributed by atoms with Crippen LogP contribution in [0.4, 0.5) is 0 Å². The van der Waals surface area contributed by atoms with Crippen molar-refractivity contribution in [3.05, 3.63) is 10.6 Å². The van der Waals surface area contributed by atoms with Gasteiger partial charge in [-0.15, -0.1) is 11.8 Å². The average Bonchev–Trinajstić information content (AvgIpc) is 3.37. The van der Waals surface area contributed by atoms with Crippen molar-refractivity contribution in [1.82, 2.24) is 25.8 Å². The first kappa shape index (κ1) is 28.4. The molecule has 12 nitrogen and oxygen atoms in total. The molecule has 38 heavy (non-hydrogen) atoms. The summed E-state index contributed by atoms with van der Waals surface area (Å²) in [4.78, 5) is 66.0. The van der Waals surface area contributed by atoms with Gasteiger partial charge in [0.05, 0.1) is 42.0 Å². The number of amides is 4. The first-order chi connectivity index (χ1) is 17.8. The molecular weight excluding hydrogens is 514 g/mol. The summed E-state index contributed by atoms with van der Waals surface area (Å²) in [6.45, 7) is 7.35. The van der Waals surface area contributed by atoms with Crippen molar-refractivity contribution < 1.29 is 34.2 Å². The number of carbonyl (C=O) groups is 5. The van der Waals surface area contributed by atoms with E-state index in [1.54, 1.807) is 27.9 Å². The number of hydrogen-bond donors (Lipinski definition) is 5. The zero-order valence-electron chi connectivity index (χ0n) is 22.4. The number of rotatable bonds is 9. The van der Waals surface area contributed by atoms with Crippen LogP contribution in [0.2, 0.25) is 0 Å². The van der Waals surface area contributed by atoms with Crippen molar-refractivity contribution in [3.8, 4) is 0 Å². The molecule has 0 aromatic rings. The monoisotopic (exact) mass is 551 g/mol. The number of β-lactam (4-membered cyclic amide) rings is 2. The number of thioether (sulfide) groups is 1. The number of carboxylic acid groups (broad SMARTS) is 1. The predicted octanol–water partition coefficient (Wildman–Crippen LogP) is -1.05. The summed E-state index contributed by atoms with van der Waals surface area (Å²) < 4.78 is 0. The van der Waals surface area contributed by atoms with Crippen molar-refractivity contribution in [2.75, 3.05) is 20.6 Å². The van der Waals surface area contributed by atoms with Crippen LogP contribution in [0.1, 0.15) is 34.1 Å². The van der Waals surface area contributed by atoms with Gasteiger partial charge in [0.15, 0.2) is 0 Å². The molecule has 3 fully saturated rings. The molecule has 4 amide bonds. The lowest BCUT2D eigenvalue weighted by molar-refractivity contribution is -0.158. The Balaban J connectivity index is 1.42. The van der Waals surface area contributed by atoms with Crippen LogP contribution in [0, 0.1) is 23.7 Å². The number of aliphatic hydroxyl groups is 1. The number of carboxylic acids is 1. The lowest BCUT2D eigenvalue weighted by Crippen LogP contribution is -2.68. The standard InChI is InChI=1S/C25H37N5O7S/c1-9(17-16(12(4)31)22(33)28-17)21(32)27-11(3)15-18-10(2)20(19(25(36)37)30(18)24(15)35)38-13-7-14(26-8-13)23(34)29(5)6/h9-18,26,31H,7-8H2,1-6H3,(H,27,32)(H,28,33)(H,36,37)/t9-,10-,11-,12-,13+,14+,15-,16?,17?,18-/m1/s1. The normalized spacial score (nSPS) is 34.5. The van der Waals surface area contributed by atoms with Crippen LogP contribution in [0.15, 0.2) is 10.6 Å².